The normalized spacial score (nSPS) is 15.2. The molecule has 0 amide bonds. The van der Waals surface area contributed by atoms with E-state index < -0.39 is 0 Å². The second kappa shape index (κ2) is 5.08. The largest absolute Gasteiger partial charge is 0.378 e. The Balaban J connectivity index is 3.71. The van der Waals surface area contributed by atoms with Gasteiger partial charge in [-0.05, 0) is 32.6 Å². The quantitative estimate of drug-likeness (QED) is 0.607. The third kappa shape index (κ3) is 6.93. The van der Waals surface area contributed by atoms with Gasteiger partial charge in [0.2, 0.25) is 0 Å². The van der Waals surface area contributed by atoms with E-state index in [1.807, 2.05) is 6.92 Å². The van der Waals surface area contributed by atoms with Crippen LogP contribution in [-0.4, -0.2) is 18.1 Å². The van der Waals surface area contributed by atoms with Crippen molar-refractivity contribution in [3.05, 3.63) is 0 Å². The van der Waals surface area contributed by atoms with E-state index in [0.29, 0.717) is 6.10 Å². The molecule has 0 aromatic heterocycles. The molecule has 0 spiro atoms. The third-order valence-corrected chi connectivity index (χ3v) is 1.80. The number of ether oxygens (including phenoxy) is 1. The van der Waals surface area contributed by atoms with E-state index in [1.165, 1.54) is 0 Å². The van der Waals surface area contributed by atoms with Crippen molar-refractivity contribution in [2.45, 2.75) is 52.5 Å². The molecule has 1 nitrogen and oxygen atoms in total. The molecule has 0 aliphatic carbocycles. The number of hydrogen-bond acceptors (Lipinski definition) is 1. The first-order valence-electron chi connectivity index (χ1n) is 4.59. The monoisotopic (exact) mass is 192 g/mol. The highest BCUT2D eigenvalue weighted by Gasteiger charge is 2.20. The molecular formula is C10H21ClO. The molecule has 2 heteroatoms. The highest BCUT2D eigenvalue weighted by molar-refractivity contribution is 6.20. The zero-order valence-corrected chi connectivity index (χ0v) is 9.61. The topological polar surface area (TPSA) is 9.23 Å². The maximum Gasteiger partial charge on any atom is 0.0521 e. The molecule has 0 aromatic carbocycles. The fourth-order valence-electron chi connectivity index (χ4n) is 1.21. The minimum Gasteiger partial charge on any atom is -0.378 e. The van der Waals surface area contributed by atoms with Gasteiger partial charge in [-0.1, -0.05) is 13.8 Å². The molecule has 0 fully saturated rings. The van der Waals surface area contributed by atoms with Crippen LogP contribution >= 0.6 is 11.6 Å². The molecule has 0 aromatic rings. The molecule has 1 atom stereocenters. The molecule has 0 bridgehead atoms. The molecule has 1 unspecified atom stereocenters. The Labute approximate surface area is 81.4 Å². The van der Waals surface area contributed by atoms with Crippen LogP contribution in [0.15, 0.2) is 0 Å². The van der Waals surface area contributed by atoms with Crippen LogP contribution in [0.5, 0.6) is 0 Å². The summed E-state index contributed by atoms with van der Waals surface area (Å²) >= 11 is 5.92. The standard InChI is InChI=1S/C10H21ClO/c1-8(2)12-7-10(4,5)6-9(3)11/h8-9H,6-7H2,1-5H3. The molecule has 74 valence electrons. The summed E-state index contributed by atoms with van der Waals surface area (Å²) in [6, 6.07) is 0. The average molecular weight is 193 g/mol. The summed E-state index contributed by atoms with van der Waals surface area (Å²) < 4.78 is 5.55. The Morgan fingerprint density at radius 1 is 1.25 bits per heavy atom. The van der Waals surface area contributed by atoms with Gasteiger partial charge < -0.3 is 4.74 Å². The maximum absolute atomic E-state index is 5.92. The van der Waals surface area contributed by atoms with Crippen LogP contribution < -0.4 is 0 Å². The van der Waals surface area contributed by atoms with Crippen molar-refractivity contribution in [2.24, 2.45) is 5.41 Å². The van der Waals surface area contributed by atoms with Crippen LogP contribution in [0.4, 0.5) is 0 Å². The van der Waals surface area contributed by atoms with Crippen molar-refractivity contribution < 1.29 is 4.74 Å². The lowest BCUT2D eigenvalue weighted by Crippen LogP contribution is -2.24. The van der Waals surface area contributed by atoms with Crippen LogP contribution in [0.3, 0.4) is 0 Å². The van der Waals surface area contributed by atoms with Crippen LogP contribution in [-0.2, 0) is 4.74 Å². The molecule has 0 aliphatic rings. The number of halogens is 1. The Hall–Kier alpha value is 0.250. The van der Waals surface area contributed by atoms with Crippen LogP contribution in [0, 0.1) is 5.41 Å². The Bertz CT molecular complexity index is 119. The van der Waals surface area contributed by atoms with Gasteiger partial charge in [0.1, 0.15) is 0 Å². The molecular weight excluding hydrogens is 172 g/mol. The van der Waals surface area contributed by atoms with Crippen molar-refractivity contribution in [1.82, 2.24) is 0 Å². The zero-order chi connectivity index (χ0) is 9.78. The van der Waals surface area contributed by atoms with Gasteiger partial charge in [-0.3, -0.25) is 0 Å². The van der Waals surface area contributed by atoms with Gasteiger partial charge in [0.25, 0.3) is 0 Å². The summed E-state index contributed by atoms with van der Waals surface area (Å²) in [5, 5.41) is 0.232. The Morgan fingerprint density at radius 2 is 1.75 bits per heavy atom. The smallest absolute Gasteiger partial charge is 0.0521 e. The molecule has 0 rings (SSSR count). The van der Waals surface area contributed by atoms with Gasteiger partial charge in [-0.25, -0.2) is 0 Å². The van der Waals surface area contributed by atoms with Gasteiger partial charge in [0, 0.05) is 5.38 Å². The second-order valence-electron chi connectivity index (χ2n) is 4.51. The molecule has 0 heterocycles. The molecule has 0 aliphatic heterocycles. The van der Waals surface area contributed by atoms with Gasteiger partial charge in [-0.2, -0.15) is 0 Å². The van der Waals surface area contributed by atoms with Crippen molar-refractivity contribution >= 4 is 11.6 Å². The lowest BCUT2D eigenvalue weighted by molar-refractivity contribution is 0.0183. The summed E-state index contributed by atoms with van der Waals surface area (Å²) in [5.74, 6) is 0. The zero-order valence-electron chi connectivity index (χ0n) is 8.86. The number of rotatable bonds is 5. The summed E-state index contributed by atoms with van der Waals surface area (Å²) in [7, 11) is 0. The molecule has 0 saturated carbocycles. The fraction of sp³-hybridized carbons (Fsp3) is 1.00. The van der Waals surface area contributed by atoms with Crippen LogP contribution in [0.25, 0.3) is 0 Å². The lowest BCUT2D eigenvalue weighted by Gasteiger charge is -2.26. The van der Waals surface area contributed by atoms with Crippen LogP contribution in [0.1, 0.15) is 41.0 Å². The van der Waals surface area contributed by atoms with E-state index in [9.17, 15) is 0 Å². The predicted octanol–water partition coefficient (Wildman–Crippen LogP) is 3.46. The minimum absolute atomic E-state index is 0.200. The van der Waals surface area contributed by atoms with E-state index in [-0.39, 0.29) is 10.8 Å². The summed E-state index contributed by atoms with van der Waals surface area (Å²) in [4.78, 5) is 0. The Morgan fingerprint density at radius 3 is 2.08 bits per heavy atom. The van der Waals surface area contributed by atoms with E-state index in [2.05, 4.69) is 27.7 Å². The van der Waals surface area contributed by atoms with Gasteiger partial charge in [-0.15, -0.1) is 11.6 Å². The van der Waals surface area contributed by atoms with Crippen molar-refractivity contribution in [1.29, 1.82) is 0 Å². The molecule has 0 radical (unpaired) electrons. The number of alkyl halides is 1. The SMILES string of the molecule is CC(Cl)CC(C)(C)COC(C)C. The van der Waals surface area contributed by atoms with Gasteiger partial charge >= 0.3 is 0 Å². The number of hydrogen-bond donors (Lipinski definition) is 0. The first kappa shape index (κ1) is 12.2. The first-order chi connectivity index (χ1) is 5.33. The van der Waals surface area contributed by atoms with E-state index in [1.54, 1.807) is 0 Å². The highest BCUT2D eigenvalue weighted by Crippen LogP contribution is 2.25. The second-order valence-corrected chi connectivity index (χ2v) is 5.25. The van der Waals surface area contributed by atoms with Crippen molar-refractivity contribution in [3.8, 4) is 0 Å². The molecule has 12 heavy (non-hydrogen) atoms. The Kier molecular flexibility index (Phi) is 5.19. The molecule has 0 N–H and O–H groups in total. The molecule has 0 saturated heterocycles. The van der Waals surface area contributed by atoms with Crippen molar-refractivity contribution in [2.75, 3.05) is 6.61 Å². The summed E-state index contributed by atoms with van der Waals surface area (Å²) in [5.41, 5.74) is 0.200. The maximum atomic E-state index is 5.92. The average Bonchev–Trinajstić information content (AvgIpc) is 1.81. The summed E-state index contributed by atoms with van der Waals surface area (Å²) in [6.07, 6.45) is 1.32. The van der Waals surface area contributed by atoms with E-state index in [4.69, 9.17) is 16.3 Å². The van der Waals surface area contributed by atoms with Gasteiger partial charge in [0.05, 0.1) is 12.7 Å². The van der Waals surface area contributed by atoms with E-state index >= 15 is 0 Å². The lowest BCUT2D eigenvalue weighted by atomic mass is 9.89. The highest BCUT2D eigenvalue weighted by atomic mass is 35.5. The summed E-state index contributed by atoms with van der Waals surface area (Å²) in [6.45, 7) is 11.3. The fourth-order valence-corrected chi connectivity index (χ4v) is 1.63. The third-order valence-electron chi connectivity index (χ3n) is 1.64. The first-order valence-corrected chi connectivity index (χ1v) is 5.03. The van der Waals surface area contributed by atoms with Crippen molar-refractivity contribution in [3.63, 3.8) is 0 Å². The van der Waals surface area contributed by atoms with Crippen LogP contribution in [0.2, 0.25) is 0 Å². The van der Waals surface area contributed by atoms with Gasteiger partial charge in [0.15, 0.2) is 0 Å². The minimum atomic E-state index is 0.200. The predicted molar refractivity (Wildman–Crippen MR) is 54.8 cm³/mol. The van der Waals surface area contributed by atoms with E-state index in [0.717, 1.165) is 13.0 Å².